The second kappa shape index (κ2) is 10.4. The molecule has 0 aliphatic heterocycles. The molecule has 1 aromatic heterocycles. The molecule has 29 heavy (non-hydrogen) atoms. The highest BCUT2D eigenvalue weighted by Crippen LogP contribution is 2.21. The second-order valence-corrected chi connectivity index (χ2v) is 7.15. The molecule has 0 saturated carbocycles. The number of nitrogens with one attached hydrogen (secondary N) is 2. The Morgan fingerprint density at radius 2 is 1.79 bits per heavy atom. The Balaban J connectivity index is 1.41. The molecule has 0 unspecified atom stereocenters. The van der Waals surface area contributed by atoms with Gasteiger partial charge in [-0.3, -0.25) is 9.59 Å². The van der Waals surface area contributed by atoms with Crippen LogP contribution in [0.3, 0.4) is 0 Å². The lowest BCUT2D eigenvalue weighted by molar-refractivity contribution is -0.118. The molecule has 7 heteroatoms. The maximum atomic E-state index is 12.1. The Morgan fingerprint density at radius 1 is 1.03 bits per heavy atom. The van der Waals surface area contributed by atoms with Gasteiger partial charge in [0.05, 0.1) is 18.6 Å². The van der Waals surface area contributed by atoms with Crippen molar-refractivity contribution < 1.29 is 18.7 Å². The summed E-state index contributed by atoms with van der Waals surface area (Å²) < 4.78 is 10.5. The minimum absolute atomic E-state index is 0.0425. The minimum Gasteiger partial charge on any atom is -0.494 e. The van der Waals surface area contributed by atoms with Crippen LogP contribution in [0.25, 0.3) is 0 Å². The SMILES string of the molecule is CCOc1ccc(SCC(=O)NCc2ccc(NC(=O)c3ccco3)cc2)cc1. The van der Waals surface area contributed by atoms with Crippen LogP contribution in [0.5, 0.6) is 5.75 Å². The van der Waals surface area contributed by atoms with E-state index in [-0.39, 0.29) is 17.6 Å². The Morgan fingerprint density at radius 3 is 2.45 bits per heavy atom. The van der Waals surface area contributed by atoms with Crippen molar-refractivity contribution in [2.24, 2.45) is 0 Å². The van der Waals surface area contributed by atoms with Crippen LogP contribution in [0.2, 0.25) is 0 Å². The summed E-state index contributed by atoms with van der Waals surface area (Å²) in [4.78, 5) is 25.0. The molecule has 2 aromatic carbocycles. The molecule has 0 saturated heterocycles. The van der Waals surface area contributed by atoms with Crippen LogP contribution in [0, 0.1) is 0 Å². The van der Waals surface area contributed by atoms with E-state index in [0.29, 0.717) is 24.6 Å². The van der Waals surface area contributed by atoms with Gasteiger partial charge in [0.25, 0.3) is 5.91 Å². The average Bonchev–Trinajstić information content (AvgIpc) is 3.28. The minimum atomic E-state index is -0.303. The van der Waals surface area contributed by atoms with Gasteiger partial charge in [-0.05, 0) is 61.0 Å². The van der Waals surface area contributed by atoms with E-state index in [1.54, 1.807) is 24.3 Å². The van der Waals surface area contributed by atoms with E-state index in [1.165, 1.54) is 18.0 Å². The van der Waals surface area contributed by atoms with Crippen LogP contribution in [-0.4, -0.2) is 24.2 Å². The zero-order valence-corrected chi connectivity index (χ0v) is 16.8. The van der Waals surface area contributed by atoms with Gasteiger partial charge in [-0.1, -0.05) is 12.1 Å². The van der Waals surface area contributed by atoms with Gasteiger partial charge in [-0.2, -0.15) is 0 Å². The number of hydrogen-bond acceptors (Lipinski definition) is 5. The van der Waals surface area contributed by atoms with E-state index in [2.05, 4.69) is 10.6 Å². The summed E-state index contributed by atoms with van der Waals surface area (Å²) in [5.74, 6) is 1.07. The Labute approximate surface area is 173 Å². The normalized spacial score (nSPS) is 10.4. The molecular weight excluding hydrogens is 388 g/mol. The number of carbonyl (C=O) groups excluding carboxylic acids is 2. The first kappa shape index (κ1) is 20.5. The molecule has 0 bridgehead atoms. The van der Waals surface area contributed by atoms with Crippen molar-refractivity contribution in [1.29, 1.82) is 0 Å². The molecule has 0 atom stereocenters. The molecular formula is C22H22N2O4S. The first-order valence-electron chi connectivity index (χ1n) is 9.20. The summed E-state index contributed by atoms with van der Waals surface area (Å²) >= 11 is 1.47. The van der Waals surface area contributed by atoms with Gasteiger partial charge in [-0.25, -0.2) is 0 Å². The summed E-state index contributed by atoms with van der Waals surface area (Å²) in [7, 11) is 0. The van der Waals surface area contributed by atoms with Gasteiger partial charge in [0.2, 0.25) is 5.91 Å². The molecule has 1 heterocycles. The Kier molecular flexibility index (Phi) is 7.35. The first-order valence-corrected chi connectivity index (χ1v) is 10.2. The molecule has 0 radical (unpaired) electrons. The smallest absolute Gasteiger partial charge is 0.291 e. The third-order valence-corrected chi connectivity index (χ3v) is 4.96. The van der Waals surface area contributed by atoms with Crippen molar-refractivity contribution in [3.63, 3.8) is 0 Å². The summed E-state index contributed by atoms with van der Waals surface area (Å²) in [6.45, 7) is 3.00. The van der Waals surface area contributed by atoms with Gasteiger partial charge in [0.1, 0.15) is 5.75 Å². The van der Waals surface area contributed by atoms with Gasteiger partial charge in [0, 0.05) is 17.1 Å². The zero-order valence-electron chi connectivity index (χ0n) is 16.0. The summed E-state index contributed by atoms with van der Waals surface area (Å²) in [6, 6.07) is 18.2. The third kappa shape index (κ3) is 6.43. The quantitative estimate of drug-likeness (QED) is 0.513. The fourth-order valence-electron chi connectivity index (χ4n) is 2.51. The van der Waals surface area contributed by atoms with Crippen molar-refractivity contribution in [3.05, 3.63) is 78.3 Å². The standard InChI is InChI=1S/C22H22N2O4S/c1-2-27-18-9-11-19(12-10-18)29-15-21(25)23-14-16-5-7-17(8-6-16)24-22(26)20-4-3-13-28-20/h3-13H,2,14-15H2,1H3,(H,23,25)(H,24,26). The molecule has 2 N–H and O–H groups in total. The lowest BCUT2D eigenvalue weighted by Gasteiger charge is -2.08. The van der Waals surface area contributed by atoms with Crippen molar-refractivity contribution in [2.45, 2.75) is 18.4 Å². The highest BCUT2D eigenvalue weighted by molar-refractivity contribution is 8.00. The number of ether oxygens (including phenoxy) is 1. The summed E-state index contributed by atoms with van der Waals surface area (Å²) in [6.07, 6.45) is 1.45. The fraction of sp³-hybridized carbons (Fsp3) is 0.182. The van der Waals surface area contributed by atoms with Crippen LogP contribution in [0.4, 0.5) is 5.69 Å². The second-order valence-electron chi connectivity index (χ2n) is 6.10. The van der Waals surface area contributed by atoms with E-state index < -0.39 is 0 Å². The molecule has 3 rings (SSSR count). The van der Waals surface area contributed by atoms with E-state index >= 15 is 0 Å². The monoisotopic (exact) mass is 410 g/mol. The van der Waals surface area contributed by atoms with Crippen molar-refractivity contribution in [2.75, 3.05) is 17.7 Å². The lowest BCUT2D eigenvalue weighted by atomic mass is 10.2. The number of anilines is 1. The van der Waals surface area contributed by atoms with Gasteiger partial charge >= 0.3 is 0 Å². The number of thioether (sulfide) groups is 1. The highest BCUT2D eigenvalue weighted by atomic mass is 32.2. The number of hydrogen-bond donors (Lipinski definition) is 2. The average molecular weight is 410 g/mol. The maximum Gasteiger partial charge on any atom is 0.291 e. The Bertz CT molecular complexity index is 922. The van der Waals surface area contributed by atoms with E-state index in [1.807, 2.05) is 43.3 Å². The highest BCUT2D eigenvalue weighted by Gasteiger charge is 2.08. The van der Waals surface area contributed by atoms with Crippen molar-refractivity contribution in [1.82, 2.24) is 5.32 Å². The van der Waals surface area contributed by atoms with Crippen molar-refractivity contribution >= 4 is 29.3 Å². The molecule has 0 fully saturated rings. The Hall–Kier alpha value is -3.19. The molecule has 0 aliphatic rings. The van der Waals surface area contributed by atoms with Crippen LogP contribution >= 0.6 is 11.8 Å². The maximum absolute atomic E-state index is 12.1. The van der Waals surface area contributed by atoms with Gasteiger partial charge in [0.15, 0.2) is 5.76 Å². The van der Waals surface area contributed by atoms with Crippen LogP contribution < -0.4 is 15.4 Å². The molecule has 6 nitrogen and oxygen atoms in total. The van der Waals surface area contributed by atoms with Gasteiger partial charge < -0.3 is 19.8 Å². The lowest BCUT2D eigenvalue weighted by Crippen LogP contribution is -2.24. The summed E-state index contributed by atoms with van der Waals surface area (Å²) in [5, 5.41) is 5.65. The van der Waals surface area contributed by atoms with E-state index in [4.69, 9.17) is 9.15 Å². The molecule has 3 aromatic rings. The number of benzene rings is 2. The van der Waals surface area contributed by atoms with Crippen LogP contribution in [-0.2, 0) is 11.3 Å². The van der Waals surface area contributed by atoms with Crippen LogP contribution in [0.15, 0.2) is 76.2 Å². The topological polar surface area (TPSA) is 80.6 Å². The largest absolute Gasteiger partial charge is 0.494 e. The third-order valence-electron chi connectivity index (χ3n) is 3.95. The molecule has 0 spiro atoms. The van der Waals surface area contributed by atoms with Crippen molar-refractivity contribution in [3.8, 4) is 5.75 Å². The molecule has 150 valence electrons. The van der Waals surface area contributed by atoms with Crippen LogP contribution in [0.1, 0.15) is 23.0 Å². The predicted molar refractivity (Wildman–Crippen MR) is 113 cm³/mol. The van der Waals surface area contributed by atoms with E-state index in [9.17, 15) is 9.59 Å². The fourth-order valence-corrected chi connectivity index (χ4v) is 3.23. The molecule has 2 amide bonds. The van der Waals surface area contributed by atoms with E-state index in [0.717, 1.165) is 16.2 Å². The first-order chi connectivity index (χ1) is 14.1. The zero-order chi connectivity index (χ0) is 20.5. The predicted octanol–water partition coefficient (Wildman–Crippen LogP) is 4.34. The number of furan rings is 1. The molecule has 0 aliphatic carbocycles. The number of amides is 2. The summed E-state index contributed by atoms with van der Waals surface area (Å²) in [5.41, 5.74) is 1.60. The number of rotatable bonds is 9. The number of carbonyl (C=O) groups is 2. The van der Waals surface area contributed by atoms with Gasteiger partial charge in [-0.15, -0.1) is 11.8 Å².